The first kappa shape index (κ1) is 11.0. The average molecular weight is 186 g/mol. The first-order valence-electron chi connectivity index (χ1n) is 3.24. The van der Waals surface area contributed by atoms with Gasteiger partial charge in [-0.3, -0.25) is 0 Å². The molecule has 0 atom stereocenters. The molecule has 0 bridgehead atoms. The molecule has 12 heavy (non-hydrogen) atoms. The number of carbonyl (C=O) groups is 1. The van der Waals surface area contributed by atoms with Crippen molar-refractivity contribution in [3.05, 3.63) is 30.3 Å². The van der Waals surface area contributed by atoms with Crippen molar-refractivity contribution < 1.29 is 14.5 Å². The summed E-state index contributed by atoms with van der Waals surface area (Å²) in [5.41, 5.74) is 0. The molecule has 0 amide bonds. The van der Waals surface area contributed by atoms with Crippen molar-refractivity contribution >= 4 is 18.0 Å². The van der Waals surface area contributed by atoms with E-state index in [-0.39, 0.29) is 0 Å². The molecule has 0 fully saturated rings. The second kappa shape index (κ2) is 6.69. The second-order valence-corrected chi connectivity index (χ2v) is 2.64. The Balaban J connectivity index is 0.000000261. The number of benzene rings is 1. The van der Waals surface area contributed by atoms with Gasteiger partial charge in [-0.25, -0.2) is 0 Å². The summed E-state index contributed by atoms with van der Waals surface area (Å²) in [5.74, 6) is -1.08. The van der Waals surface area contributed by atoms with Gasteiger partial charge >= 0.3 is 0 Å². The van der Waals surface area contributed by atoms with E-state index in [1.54, 1.807) is 0 Å². The summed E-state index contributed by atoms with van der Waals surface area (Å²) < 4.78 is 8.51. The lowest BCUT2D eigenvalue weighted by Crippen LogP contribution is -2.16. The fourth-order valence-electron chi connectivity index (χ4n) is 0.495. The van der Waals surface area contributed by atoms with E-state index < -0.39 is 5.97 Å². The molecular weight excluding hydrogens is 176 g/mol. The highest BCUT2D eigenvalue weighted by molar-refractivity contribution is 7.72. The van der Waals surface area contributed by atoms with Gasteiger partial charge in [0.1, 0.15) is 0 Å². The lowest BCUT2D eigenvalue weighted by atomic mass is 10.4. The number of carboxylic acids is 1. The molecule has 0 aliphatic heterocycles. The van der Waals surface area contributed by atoms with Crippen molar-refractivity contribution in [2.24, 2.45) is 0 Å². The van der Waals surface area contributed by atoms with Crippen LogP contribution in [0.5, 0.6) is 0 Å². The largest absolute Gasteiger partial charge is 0.550 e. The highest BCUT2D eigenvalue weighted by atomic mass is 32.2. The van der Waals surface area contributed by atoms with Crippen LogP contribution in [0.1, 0.15) is 6.92 Å². The fraction of sp³-hybridized carbons (Fsp3) is 0.125. The predicted octanol–water partition coefficient (Wildman–Crippen LogP) is 0.0896. The molecule has 0 saturated carbocycles. The SMILES string of the molecule is CC(=O)[O-].O[SH+]c1ccccc1. The molecule has 0 spiro atoms. The summed E-state index contributed by atoms with van der Waals surface area (Å²) in [6.07, 6.45) is 0. The maximum absolute atomic E-state index is 8.89. The van der Waals surface area contributed by atoms with E-state index in [9.17, 15) is 0 Å². The fourth-order valence-corrected chi connectivity index (χ4v) is 0.800. The summed E-state index contributed by atoms with van der Waals surface area (Å²) in [7, 11) is 0. The van der Waals surface area contributed by atoms with Crippen LogP contribution >= 0.6 is 0 Å². The van der Waals surface area contributed by atoms with Crippen LogP contribution in [0.4, 0.5) is 0 Å². The van der Waals surface area contributed by atoms with E-state index >= 15 is 0 Å². The monoisotopic (exact) mass is 186 g/mol. The minimum Gasteiger partial charge on any atom is -0.550 e. The van der Waals surface area contributed by atoms with Crippen molar-refractivity contribution in [2.45, 2.75) is 11.8 Å². The normalized spacial score (nSPS) is 8.17. The lowest BCUT2D eigenvalue weighted by Gasteiger charge is -1.79. The van der Waals surface area contributed by atoms with Gasteiger partial charge in [-0.2, -0.15) is 4.55 Å². The Kier molecular flexibility index (Phi) is 6.14. The standard InChI is InChI=1S/C6H6OS.C2H4O2/c7-8-6-4-2-1-3-5-6;1-2(3)4/h1-5,7H;1H3,(H,3,4). The van der Waals surface area contributed by atoms with Crippen molar-refractivity contribution in [1.29, 1.82) is 0 Å². The summed E-state index contributed by atoms with van der Waals surface area (Å²) in [6.45, 7) is 0.972. The van der Waals surface area contributed by atoms with Crippen molar-refractivity contribution in [3.8, 4) is 0 Å². The van der Waals surface area contributed by atoms with Gasteiger partial charge in [0, 0.05) is 5.97 Å². The summed E-state index contributed by atoms with van der Waals surface area (Å²) in [4.78, 5) is 9.83. The van der Waals surface area contributed by atoms with Crippen LogP contribution in [0.25, 0.3) is 0 Å². The lowest BCUT2D eigenvalue weighted by molar-refractivity contribution is -0.302. The zero-order valence-corrected chi connectivity index (χ0v) is 7.49. The molecule has 0 aliphatic rings. The van der Waals surface area contributed by atoms with E-state index in [4.69, 9.17) is 14.5 Å². The maximum Gasteiger partial charge on any atom is 0.187 e. The summed E-state index contributed by atoms with van der Waals surface area (Å²) in [5, 5.41) is 8.89. The maximum atomic E-state index is 8.89. The van der Waals surface area contributed by atoms with Crippen molar-refractivity contribution in [1.82, 2.24) is 0 Å². The molecule has 4 heteroatoms. The van der Waals surface area contributed by atoms with Crippen LogP contribution in [0, 0.1) is 0 Å². The number of hydrogen-bond acceptors (Lipinski definition) is 3. The third-order valence-corrected chi connectivity index (χ3v) is 1.40. The van der Waals surface area contributed by atoms with E-state index in [0.717, 1.165) is 11.8 Å². The summed E-state index contributed by atoms with van der Waals surface area (Å²) >= 11 is 0.349. The van der Waals surface area contributed by atoms with Crippen LogP contribution in [0.15, 0.2) is 35.2 Å². The Morgan fingerprint density at radius 2 is 1.83 bits per heavy atom. The van der Waals surface area contributed by atoms with Gasteiger partial charge in [0.2, 0.25) is 0 Å². The molecule has 66 valence electrons. The van der Waals surface area contributed by atoms with Gasteiger partial charge in [0.05, 0.1) is 0 Å². The van der Waals surface area contributed by atoms with Crippen molar-refractivity contribution in [3.63, 3.8) is 0 Å². The van der Waals surface area contributed by atoms with Crippen molar-refractivity contribution in [2.75, 3.05) is 0 Å². The van der Waals surface area contributed by atoms with E-state index in [1.807, 2.05) is 30.3 Å². The van der Waals surface area contributed by atoms with Gasteiger partial charge in [0.25, 0.3) is 0 Å². The quantitative estimate of drug-likeness (QED) is 0.499. The third-order valence-electron chi connectivity index (χ3n) is 0.872. The topological polar surface area (TPSA) is 60.4 Å². The second-order valence-electron chi connectivity index (χ2n) is 1.93. The van der Waals surface area contributed by atoms with Gasteiger partial charge in [-0.05, 0) is 19.1 Å². The molecule has 0 saturated heterocycles. The molecule has 1 rings (SSSR count). The number of carboxylic acid groups (broad SMARTS) is 1. The minimum absolute atomic E-state index is 0.349. The molecule has 1 N–H and O–H groups in total. The van der Waals surface area contributed by atoms with Gasteiger partial charge in [-0.1, -0.05) is 18.2 Å². The summed E-state index contributed by atoms with van der Waals surface area (Å²) in [6, 6.07) is 9.48. The predicted molar refractivity (Wildman–Crippen MR) is 46.8 cm³/mol. The van der Waals surface area contributed by atoms with Crippen LogP contribution in [-0.2, 0) is 16.8 Å². The number of thiol groups is 1. The Bertz CT molecular complexity index is 219. The van der Waals surface area contributed by atoms with Crippen LogP contribution < -0.4 is 5.11 Å². The number of aliphatic carboxylic acids is 1. The average Bonchev–Trinajstić information content (AvgIpc) is 2.05. The molecule has 0 radical (unpaired) electrons. The molecule has 1 aromatic carbocycles. The van der Waals surface area contributed by atoms with E-state index in [1.165, 1.54) is 0 Å². The van der Waals surface area contributed by atoms with Gasteiger partial charge in [-0.15, -0.1) is 0 Å². The third kappa shape index (κ3) is 7.11. The van der Waals surface area contributed by atoms with Gasteiger partial charge in [0.15, 0.2) is 16.9 Å². The smallest absolute Gasteiger partial charge is 0.187 e. The number of rotatable bonds is 1. The van der Waals surface area contributed by atoms with E-state index in [0.29, 0.717) is 12.0 Å². The minimum atomic E-state index is -1.08. The Morgan fingerprint density at radius 3 is 2.08 bits per heavy atom. The highest BCUT2D eigenvalue weighted by Gasteiger charge is 1.92. The Morgan fingerprint density at radius 1 is 1.42 bits per heavy atom. The zero-order chi connectivity index (χ0) is 9.40. The number of carbonyl (C=O) groups excluding carboxylic acids is 1. The van der Waals surface area contributed by atoms with E-state index in [2.05, 4.69) is 0 Å². The van der Waals surface area contributed by atoms with Crippen LogP contribution in [0.2, 0.25) is 0 Å². The Hall–Kier alpha value is -1.00. The molecule has 0 unspecified atom stereocenters. The van der Waals surface area contributed by atoms with Gasteiger partial charge < -0.3 is 9.90 Å². The first-order chi connectivity index (χ1) is 5.66. The molecule has 1 aromatic rings. The molecule has 0 aromatic heterocycles. The molecular formula is C8H10O3S. The van der Waals surface area contributed by atoms with Crippen LogP contribution in [-0.4, -0.2) is 10.5 Å². The first-order valence-corrected chi connectivity index (χ1v) is 4.09. The van der Waals surface area contributed by atoms with Crippen LogP contribution in [0.3, 0.4) is 0 Å². The zero-order valence-electron chi connectivity index (χ0n) is 6.60. The molecule has 3 nitrogen and oxygen atoms in total. The highest BCUT2D eigenvalue weighted by Crippen LogP contribution is 1.97. The Labute approximate surface area is 75.2 Å². The molecule has 0 aliphatic carbocycles. The molecule has 0 heterocycles. The number of hydrogen-bond donors (Lipinski definition) is 1.